The molecule has 10 heteroatoms. The summed E-state index contributed by atoms with van der Waals surface area (Å²) in [5, 5.41) is 11.7. The normalized spacial score (nSPS) is 24.2. The number of sulfonamides is 1. The minimum Gasteiger partial charge on any atom is -0.301 e. The van der Waals surface area contributed by atoms with Gasteiger partial charge in [0.1, 0.15) is 5.82 Å². The Morgan fingerprint density at radius 1 is 1.29 bits per heavy atom. The predicted molar refractivity (Wildman–Crippen MR) is 67.8 cm³/mol. The van der Waals surface area contributed by atoms with E-state index < -0.39 is 33.2 Å². The van der Waals surface area contributed by atoms with Crippen LogP contribution < -0.4 is 5.14 Å². The van der Waals surface area contributed by atoms with Crippen LogP contribution in [-0.4, -0.2) is 29.4 Å². The van der Waals surface area contributed by atoms with E-state index in [1.54, 1.807) is 6.92 Å². The van der Waals surface area contributed by atoms with Gasteiger partial charge >= 0.3 is 6.18 Å². The summed E-state index contributed by atoms with van der Waals surface area (Å²) >= 11 is 0. The first kappa shape index (κ1) is 16.2. The van der Waals surface area contributed by atoms with E-state index >= 15 is 0 Å². The highest BCUT2D eigenvalue weighted by atomic mass is 32.2. The topological polar surface area (TPSA) is 90.9 Å². The third-order valence-corrected chi connectivity index (χ3v) is 4.65. The van der Waals surface area contributed by atoms with E-state index in [1.165, 1.54) is 4.57 Å². The van der Waals surface area contributed by atoms with Crippen molar-refractivity contribution in [2.75, 3.05) is 0 Å². The summed E-state index contributed by atoms with van der Waals surface area (Å²) in [7, 11) is -4.11. The monoisotopic (exact) mass is 326 g/mol. The van der Waals surface area contributed by atoms with Crippen molar-refractivity contribution in [3.8, 4) is 0 Å². The Morgan fingerprint density at radius 2 is 1.90 bits per heavy atom. The summed E-state index contributed by atoms with van der Waals surface area (Å²) in [6, 6.07) is 0. The molecule has 1 heterocycles. The first-order chi connectivity index (χ1) is 9.66. The molecule has 0 spiro atoms. The molecule has 0 aromatic carbocycles. The number of rotatable bonds is 3. The maximum atomic E-state index is 13.2. The van der Waals surface area contributed by atoms with Gasteiger partial charge in [-0.05, 0) is 19.8 Å². The van der Waals surface area contributed by atoms with Gasteiger partial charge in [-0.2, -0.15) is 13.2 Å². The van der Waals surface area contributed by atoms with Gasteiger partial charge in [0.15, 0.2) is 0 Å². The van der Waals surface area contributed by atoms with Crippen LogP contribution in [0, 0.1) is 5.92 Å². The van der Waals surface area contributed by atoms with Crippen molar-refractivity contribution in [1.82, 2.24) is 14.8 Å². The fourth-order valence-corrected chi connectivity index (χ4v) is 3.60. The highest BCUT2D eigenvalue weighted by Gasteiger charge is 2.47. The molecule has 1 saturated carbocycles. The fraction of sp³-hybridized carbons (Fsp3) is 0.818. The zero-order valence-corrected chi connectivity index (χ0v) is 12.3. The van der Waals surface area contributed by atoms with Crippen LogP contribution in [0.25, 0.3) is 0 Å². The summed E-state index contributed by atoms with van der Waals surface area (Å²) < 4.78 is 63.5. The van der Waals surface area contributed by atoms with Crippen molar-refractivity contribution >= 4 is 10.0 Å². The van der Waals surface area contributed by atoms with Crippen LogP contribution in [0.4, 0.5) is 13.2 Å². The highest BCUT2D eigenvalue weighted by molar-refractivity contribution is 7.89. The van der Waals surface area contributed by atoms with Crippen LogP contribution in [0.1, 0.15) is 44.3 Å². The van der Waals surface area contributed by atoms with Crippen LogP contribution in [0.2, 0.25) is 0 Å². The van der Waals surface area contributed by atoms with Crippen molar-refractivity contribution in [3.63, 3.8) is 0 Å². The SMILES string of the molecule is CCn1c(C2CCCCC2C(F)(F)F)nnc1S(N)(=O)=O. The lowest BCUT2D eigenvalue weighted by atomic mass is 9.78. The third-order valence-electron chi connectivity index (χ3n) is 3.83. The quantitative estimate of drug-likeness (QED) is 0.916. The smallest absolute Gasteiger partial charge is 0.301 e. The zero-order valence-electron chi connectivity index (χ0n) is 11.5. The van der Waals surface area contributed by atoms with Crippen LogP contribution in [-0.2, 0) is 16.6 Å². The Bertz CT molecular complexity index is 611. The number of nitrogens with two attached hydrogens (primary N) is 1. The first-order valence-electron chi connectivity index (χ1n) is 6.69. The lowest BCUT2D eigenvalue weighted by Crippen LogP contribution is -2.33. The lowest BCUT2D eigenvalue weighted by Gasteiger charge is -2.32. The minimum absolute atomic E-state index is 0.0233. The summed E-state index contributed by atoms with van der Waals surface area (Å²) in [5.74, 6) is -2.33. The standard InChI is InChI=1S/C11H17F3N4O2S/c1-2-18-9(16-17-10(18)21(15,19)20)7-5-3-4-6-8(7)11(12,13)14/h7-8H,2-6H2,1H3,(H2,15,19,20). The van der Waals surface area contributed by atoms with Gasteiger partial charge in [0.2, 0.25) is 0 Å². The highest BCUT2D eigenvalue weighted by Crippen LogP contribution is 2.46. The molecule has 2 unspecified atom stereocenters. The number of hydrogen-bond acceptors (Lipinski definition) is 4. The number of primary sulfonamides is 1. The molecule has 1 aliphatic rings. The predicted octanol–water partition coefficient (Wildman–Crippen LogP) is 1.78. The second kappa shape index (κ2) is 5.56. The Kier molecular flexibility index (Phi) is 4.29. The van der Waals surface area contributed by atoms with Crippen LogP contribution in [0.15, 0.2) is 5.16 Å². The van der Waals surface area contributed by atoms with Gasteiger partial charge in [-0.25, -0.2) is 13.6 Å². The average Bonchev–Trinajstić information content (AvgIpc) is 2.81. The van der Waals surface area contributed by atoms with Crippen molar-refractivity contribution < 1.29 is 21.6 Å². The molecule has 0 amide bonds. The Labute approximate surface area is 120 Å². The van der Waals surface area contributed by atoms with E-state index in [0.29, 0.717) is 19.3 Å². The third kappa shape index (κ3) is 3.20. The molecule has 0 bridgehead atoms. The van der Waals surface area contributed by atoms with Crippen LogP contribution in [0.3, 0.4) is 0 Å². The molecule has 1 aromatic rings. The van der Waals surface area contributed by atoms with E-state index in [4.69, 9.17) is 5.14 Å². The van der Waals surface area contributed by atoms with Crippen LogP contribution >= 0.6 is 0 Å². The Hall–Kier alpha value is -1.16. The number of alkyl halides is 3. The number of halogens is 3. The molecule has 1 aromatic heterocycles. The van der Waals surface area contributed by atoms with Gasteiger partial charge in [0.05, 0.1) is 5.92 Å². The van der Waals surface area contributed by atoms with Crippen molar-refractivity contribution in [3.05, 3.63) is 5.82 Å². The van der Waals surface area contributed by atoms with Crippen molar-refractivity contribution in [1.29, 1.82) is 0 Å². The second-order valence-corrected chi connectivity index (χ2v) is 6.62. The molecular formula is C11H17F3N4O2S. The number of aromatic nitrogens is 3. The maximum absolute atomic E-state index is 13.2. The first-order valence-corrected chi connectivity index (χ1v) is 8.23. The number of hydrogen-bond donors (Lipinski definition) is 1. The fourth-order valence-electron chi connectivity index (χ4n) is 2.91. The molecule has 1 fully saturated rings. The van der Waals surface area contributed by atoms with E-state index in [0.717, 1.165) is 0 Å². The van der Waals surface area contributed by atoms with E-state index in [9.17, 15) is 21.6 Å². The van der Waals surface area contributed by atoms with E-state index in [-0.39, 0.29) is 18.8 Å². The molecular weight excluding hydrogens is 309 g/mol. The molecule has 0 radical (unpaired) electrons. The maximum Gasteiger partial charge on any atom is 0.392 e. The molecule has 1 aliphatic carbocycles. The molecule has 0 aliphatic heterocycles. The van der Waals surface area contributed by atoms with Gasteiger partial charge in [-0.3, -0.25) is 0 Å². The summed E-state index contributed by atoms with van der Waals surface area (Å²) in [6.45, 7) is 1.77. The summed E-state index contributed by atoms with van der Waals surface area (Å²) in [6.07, 6.45) is -2.85. The summed E-state index contributed by atoms with van der Waals surface area (Å²) in [4.78, 5) is 0. The Morgan fingerprint density at radius 3 is 2.43 bits per heavy atom. The molecule has 0 saturated heterocycles. The van der Waals surface area contributed by atoms with Crippen LogP contribution in [0.5, 0.6) is 0 Å². The number of nitrogens with zero attached hydrogens (tertiary/aromatic N) is 3. The zero-order chi connectivity index (χ0) is 15.8. The van der Waals surface area contributed by atoms with Crippen molar-refractivity contribution in [2.24, 2.45) is 11.1 Å². The van der Waals surface area contributed by atoms with Gasteiger partial charge < -0.3 is 4.57 Å². The molecule has 120 valence electrons. The molecule has 2 N–H and O–H groups in total. The van der Waals surface area contributed by atoms with E-state index in [1.807, 2.05) is 0 Å². The molecule has 21 heavy (non-hydrogen) atoms. The van der Waals surface area contributed by atoms with Gasteiger partial charge in [-0.15, -0.1) is 10.2 Å². The molecule has 2 rings (SSSR count). The average molecular weight is 326 g/mol. The van der Waals surface area contributed by atoms with Gasteiger partial charge in [-0.1, -0.05) is 12.8 Å². The second-order valence-electron chi connectivity index (χ2n) is 5.17. The van der Waals surface area contributed by atoms with E-state index in [2.05, 4.69) is 10.2 Å². The minimum atomic E-state index is -4.34. The molecule has 6 nitrogen and oxygen atoms in total. The van der Waals surface area contributed by atoms with Crippen molar-refractivity contribution in [2.45, 2.75) is 56.4 Å². The largest absolute Gasteiger partial charge is 0.392 e. The van der Waals surface area contributed by atoms with Gasteiger partial charge in [0.25, 0.3) is 15.2 Å². The lowest BCUT2D eigenvalue weighted by molar-refractivity contribution is -0.188. The van der Waals surface area contributed by atoms with Gasteiger partial charge in [0, 0.05) is 12.5 Å². The Balaban J connectivity index is 2.47. The summed E-state index contributed by atoms with van der Waals surface area (Å²) in [5.41, 5.74) is 0. The molecule has 2 atom stereocenters.